The maximum atomic E-state index is 12.3. The van der Waals surface area contributed by atoms with E-state index in [1.165, 1.54) is 0 Å². The van der Waals surface area contributed by atoms with Crippen molar-refractivity contribution in [2.24, 2.45) is 0 Å². The third-order valence-corrected chi connectivity index (χ3v) is 3.38. The second kappa shape index (κ2) is 6.75. The maximum Gasteiger partial charge on any atom is 0.276 e. The molecule has 0 unspecified atom stereocenters. The van der Waals surface area contributed by atoms with Crippen LogP contribution < -0.4 is 10.6 Å². The monoisotopic (exact) mass is 300 g/mol. The third kappa shape index (κ3) is 4.18. The summed E-state index contributed by atoms with van der Waals surface area (Å²) in [5.74, 6) is -0.202. The van der Waals surface area contributed by atoms with Gasteiger partial charge in [-0.25, -0.2) is 0 Å². The van der Waals surface area contributed by atoms with Crippen molar-refractivity contribution in [3.05, 3.63) is 47.3 Å². The highest BCUT2D eigenvalue weighted by Crippen LogP contribution is 2.20. The molecule has 0 radical (unpaired) electrons. The Balaban J connectivity index is 2.07. The van der Waals surface area contributed by atoms with Crippen LogP contribution in [0, 0.1) is 0 Å². The van der Waals surface area contributed by atoms with Crippen LogP contribution in [0.4, 0.5) is 5.69 Å². The molecule has 5 heteroatoms. The molecular formula is C17H24N4O. The number of rotatable bonds is 5. The summed E-state index contributed by atoms with van der Waals surface area (Å²) in [6.07, 6.45) is 0. The van der Waals surface area contributed by atoms with Crippen LogP contribution in [0.15, 0.2) is 30.3 Å². The van der Waals surface area contributed by atoms with E-state index in [2.05, 4.69) is 48.5 Å². The van der Waals surface area contributed by atoms with E-state index in [0.717, 1.165) is 30.0 Å². The maximum absolute atomic E-state index is 12.3. The molecule has 0 aliphatic rings. The molecule has 0 saturated heterocycles. The fourth-order valence-corrected chi connectivity index (χ4v) is 2.05. The lowest BCUT2D eigenvalue weighted by atomic mass is 9.92. The zero-order valence-corrected chi connectivity index (χ0v) is 13.7. The highest BCUT2D eigenvalue weighted by atomic mass is 16.1. The predicted octanol–water partition coefficient (Wildman–Crippen LogP) is 3.07. The van der Waals surface area contributed by atoms with Crippen LogP contribution in [0.25, 0.3) is 0 Å². The number of aromatic nitrogens is 2. The van der Waals surface area contributed by atoms with Crippen molar-refractivity contribution >= 4 is 11.6 Å². The number of hydrogen-bond donors (Lipinski definition) is 3. The summed E-state index contributed by atoms with van der Waals surface area (Å²) >= 11 is 0. The van der Waals surface area contributed by atoms with E-state index in [-0.39, 0.29) is 11.3 Å². The molecule has 1 heterocycles. The Hall–Kier alpha value is -2.14. The molecular weight excluding hydrogens is 276 g/mol. The van der Waals surface area contributed by atoms with E-state index in [4.69, 9.17) is 0 Å². The third-order valence-electron chi connectivity index (χ3n) is 3.38. The van der Waals surface area contributed by atoms with Crippen molar-refractivity contribution in [3.8, 4) is 0 Å². The van der Waals surface area contributed by atoms with Gasteiger partial charge in [0.25, 0.3) is 5.91 Å². The molecule has 0 bridgehead atoms. The molecule has 0 aliphatic carbocycles. The number of benzene rings is 1. The van der Waals surface area contributed by atoms with Gasteiger partial charge in [-0.3, -0.25) is 9.89 Å². The molecule has 0 saturated carbocycles. The average Bonchev–Trinajstić information content (AvgIpc) is 2.95. The first-order valence-corrected chi connectivity index (χ1v) is 7.57. The summed E-state index contributed by atoms with van der Waals surface area (Å²) in [7, 11) is 0. The molecule has 2 aromatic rings. The molecule has 22 heavy (non-hydrogen) atoms. The summed E-state index contributed by atoms with van der Waals surface area (Å²) in [4.78, 5) is 12.3. The fraction of sp³-hybridized carbons (Fsp3) is 0.412. The number of carbonyl (C=O) groups is 1. The SMILES string of the molecule is CCNCc1cccc(NC(=O)c2cc(C(C)(C)C)[nH]n2)c1. The van der Waals surface area contributed by atoms with Gasteiger partial charge in [0.2, 0.25) is 0 Å². The van der Waals surface area contributed by atoms with Crippen LogP contribution in [-0.2, 0) is 12.0 Å². The van der Waals surface area contributed by atoms with E-state index in [1.54, 1.807) is 6.07 Å². The summed E-state index contributed by atoms with van der Waals surface area (Å²) < 4.78 is 0. The van der Waals surface area contributed by atoms with E-state index in [1.807, 2.05) is 24.3 Å². The van der Waals surface area contributed by atoms with Gasteiger partial charge in [-0.05, 0) is 30.3 Å². The quantitative estimate of drug-likeness (QED) is 0.795. The average molecular weight is 300 g/mol. The zero-order chi connectivity index (χ0) is 16.2. The van der Waals surface area contributed by atoms with E-state index < -0.39 is 0 Å². The Morgan fingerprint density at radius 2 is 2.05 bits per heavy atom. The number of nitrogens with zero attached hydrogens (tertiary/aromatic N) is 1. The molecule has 1 aromatic heterocycles. The Morgan fingerprint density at radius 3 is 2.68 bits per heavy atom. The first kappa shape index (κ1) is 16.2. The van der Waals surface area contributed by atoms with Gasteiger partial charge in [-0.1, -0.05) is 39.8 Å². The summed E-state index contributed by atoms with van der Waals surface area (Å²) in [6.45, 7) is 10.00. The largest absolute Gasteiger partial charge is 0.321 e. The van der Waals surface area contributed by atoms with Gasteiger partial charge >= 0.3 is 0 Å². The second-order valence-corrected chi connectivity index (χ2v) is 6.35. The minimum Gasteiger partial charge on any atom is -0.321 e. The Bertz CT molecular complexity index is 640. The topological polar surface area (TPSA) is 69.8 Å². The molecule has 1 amide bonds. The van der Waals surface area contributed by atoms with Crippen LogP contribution >= 0.6 is 0 Å². The van der Waals surface area contributed by atoms with Crippen molar-refractivity contribution in [3.63, 3.8) is 0 Å². The molecule has 118 valence electrons. The normalized spacial score (nSPS) is 11.5. The first-order chi connectivity index (χ1) is 10.4. The first-order valence-electron chi connectivity index (χ1n) is 7.57. The van der Waals surface area contributed by atoms with Gasteiger partial charge in [0.15, 0.2) is 5.69 Å². The number of aromatic amines is 1. The van der Waals surface area contributed by atoms with Crippen molar-refractivity contribution in [2.45, 2.75) is 39.7 Å². The fourth-order valence-electron chi connectivity index (χ4n) is 2.05. The number of nitrogens with one attached hydrogen (secondary N) is 3. The van der Waals surface area contributed by atoms with Gasteiger partial charge in [0.05, 0.1) is 0 Å². The predicted molar refractivity (Wildman–Crippen MR) is 89.1 cm³/mol. The summed E-state index contributed by atoms with van der Waals surface area (Å²) in [5, 5.41) is 13.2. The van der Waals surface area contributed by atoms with Gasteiger partial charge in [-0.15, -0.1) is 0 Å². The van der Waals surface area contributed by atoms with E-state index >= 15 is 0 Å². The van der Waals surface area contributed by atoms with Gasteiger partial charge in [-0.2, -0.15) is 5.10 Å². The molecule has 0 aliphatic heterocycles. The van der Waals surface area contributed by atoms with Crippen LogP contribution in [0.1, 0.15) is 49.4 Å². The molecule has 3 N–H and O–H groups in total. The minimum atomic E-state index is -0.202. The van der Waals surface area contributed by atoms with E-state index in [0.29, 0.717) is 5.69 Å². The molecule has 0 fully saturated rings. The van der Waals surface area contributed by atoms with Gasteiger partial charge < -0.3 is 10.6 Å². The molecule has 1 aromatic carbocycles. The van der Waals surface area contributed by atoms with Crippen molar-refractivity contribution in [1.82, 2.24) is 15.5 Å². The Morgan fingerprint density at radius 1 is 1.27 bits per heavy atom. The van der Waals surface area contributed by atoms with Gasteiger partial charge in [0, 0.05) is 23.3 Å². The van der Waals surface area contributed by atoms with Crippen LogP contribution in [0.2, 0.25) is 0 Å². The lowest BCUT2D eigenvalue weighted by Gasteiger charge is -2.14. The zero-order valence-electron chi connectivity index (χ0n) is 13.7. The Kier molecular flexibility index (Phi) is 4.98. The molecule has 0 spiro atoms. The van der Waals surface area contributed by atoms with Crippen molar-refractivity contribution in [1.29, 1.82) is 0 Å². The molecule has 2 rings (SSSR count). The van der Waals surface area contributed by atoms with Crippen molar-refractivity contribution < 1.29 is 4.79 Å². The van der Waals surface area contributed by atoms with E-state index in [9.17, 15) is 4.79 Å². The van der Waals surface area contributed by atoms with Crippen molar-refractivity contribution in [2.75, 3.05) is 11.9 Å². The second-order valence-electron chi connectivity index (χ2n) is 6.35. The number of H-pyrrole nitrogens is 1. The van der Waals surface area contributed by atoms with Crippen LogP contribution in [0.3, 0.4) is 0 Å². The smallest absolute Gasteiger partial charge is 0.276 e. The highest BCUT2D eigenvalue weighted by Gasteiger charge is 2.19. The standard InChI is InChI=1S/C17H24N4O/c1-5-18-11-12-7-6-8-13(9-12)19-16(22)14-10-15(21-20-14)17(2,3)4/h6-10,18H,5,11H2,1-4H3,(H,19,22)(H,20,21). The summed E-state index contributed by atoms with van der Waals surface area (Å²) in [6, 6.07) is 9.62. The number of carbonyl (C=O) groups excluding carboxylic acids is 1. The lowest BCUT2D eigenvalue weighted by molar-refractivity contribution is 0.102. The summed E-state index contributed by atoms with van der Waals surface area (Å²) in [5.41, 5.74) is 3.20. The van der Waals surface area contributed by atoms with Crippen LogP contribution in [0.5, 0.6) is 0 Å². The molecule has 5 nitrogen and oxygen atoms in total. The van der Waals surface area contributed by atoms with Crippen LogP contribution in [-0.4, -0.2) is 22.6 Å². The lowest BCUT2D eigenvalue weighted by Crippen LogP contribution is -2.14. The number of anilines is 1. The Labute approximate surface area is 131 Å². The number of hydrogen-bond acceptors (Lipinski definition) is 3. The minimum absolute atomic E-state index is 0.0583. The molecule has 0 atom stereocenters. The number of amides is 1. The van der Waals surface area contributed by atoms with Gasteiger partial charge in [0.1, 0.15) is 0 Å². The highest BCUT2D eigenvalue weighted by molar-refractivity contribution is 6.02.